The van der Waals surface area contributed by atoms with E-state index in [0.29, 0.717) is 5.56 Å². The normalized spacial score (nSPS) is 16.4. The van der Waals surface area contributed by atoms with Crippen molar-refractivity contribution in [3.63, 3.8) is 0 Å². The van der Waals surface area contributed by atoms with E-state index < -0.39 is 11.8 Å². The lowest BCUT2D eigenvalue weighted by Gasteiger charge is -2.14. The highest BCUT2D eigenvalue weighted by Gasteiger charge is 2.65. The van der Waals surface area contributed by atoms with Crippen molar-refractivity contribution in [1.82, 2.24) is 0 Å². The van der Waals surface area contributed by atoms with E-state index in [2.05, 4.69) is 20.3 Å². The molecule has 0 atom stereocenters. The van der Waals surface area contributed by atoms with E-state index in [9.17, 15) is 13.2 Å². The molecule has 0 fully saturated rings. The number of alkyl halides is 3. The second-order valence-electron chi connectivity index (χ2n) is 3.46. The van der Waals surface area contributed by atoms with Gasteiger partial charge in [-0.25, -0.2) is 0 Å². The molecular weight excluding hydrogens is 235 g/mol. The minimum atomic E-state index is -4.51. The Bertz CT molecular complexity index is 492. The summed E-state index contributed by atoms with van der Waals surface area (Å²) in [7, 11) is 0. The molecule has 8 heteroatoms. The Labute approximate surface area is 93.6 Å². The van der Waals surface area contributed by atoms with Gasteiger partial charge >= 0.3 is 11.8 Å². The van der Waals surface area contributed by atoms with Crippen molar-refractivity contribution in [2.45, 2.75) is 18.4 Å². The highest BCUT2D eigenvalue weighted by Crippen LogP contribution is 2.52. The molecule has 1 aromatic carbocycles. The van der Waals surface area contributed by atoms with Gasteiger partial charge in [-0.15, -0.1) is 10.2 Å². The maximum Gasteiger partial charge on any atom is 0.442 e. The van der Waals surface area contributed by atoms with Crippen molar-refractivity contribution in [1.29, 1.82) is 0 Å². The average Bonchev–Trinajstić information content (AvgIpc) is 3.07. The molecule has 0 radical (unpaired) electrons. The van der Waals surface area contributed by atoms with E-state index in [1.165, 1.54) is 24.3 Å². The third-order valence-electron chi connectivity index (χ3n) is 2.37. The first-order valence-corrected chi connectivity index (χ1v) is 4.61. The lowest BCUT2D eigenvalue weighted by atomic mass is 10.0. The molecular formula is C9H6F3N5. The van der Waals surface area contributed by atoms with Crippen LogP contribution in [0.2, 0.25) is 0 Å². The maximum absolute atomic E-state index is 12.6. The second kappa shape index (κ2) is 3.74. The zero-order chi connectivity index (χ0) is 12.5. The summed E-state index contributed by atoms with van der Waals surface area (Å²) in [5.41, 5.74) is 6.32. The van der Waals surface area contributed by atoms with Crippen LogP contribution >= 0.6 is 0 Å². The van der Waals surface area contributed by atoms with Crippen LogP contribution in [-0.4, -0.2) is 6.18 Å². The van der Waals surface area contributed by atoms with Crippen molar-refractivity contribution in [3.8, 4) is 0 Å². The lowest BCUT2D eigenvalue weighted by molar-refractivity contribution is -0.166. The standard InChI is InChI=1S/C9H6F3N5/c10-9(11,12)8(15-16-8)7-3-1-6(2-4-7)5-14-17-13/h1-4H,5H2. The number of nitrogens with zero attached hydrogens (tertiary/aromatic N) is 5. The number of benzene rings is 1. The van der Waals surface area contributed by atoms with Crippen LogP contribution in [0.1, 0.15) is 11.1 Å². The Morgan fingerprint density at radius 2 is 1.82 bits per heavy atom. The fraction of sp³-hybridized carbons (Fsp3) is 0.333. The van der Waals surface area contributed by atoms with Crippen molar-refractivity contribution >= 4 is 0 Å². The smallest absolute Gasteiger partial charge is 0.166 e. The number of hydrogen-bond donors (Lipinski definition) is 0. The first-order chi connectivity index (χ1) is 7.99. The zero-order valence-corrected chi connectivity index (χ0v) is 8.39. The molecule has 0 saturated carbocycles. The summed E-state index contributed by atoms with van der Waals surface area (Å²) < 4.78 is 37.9. The van der Waals surface area contributed by atoms with E-state index >= 15 is 0 Å². The molecule has 88 valence electrons. The predicted molar refractivity (Wildman–Crippen MR) is 51.9 cm³/mol. The van der Waals surface area contributed by atoms with E-state index in [1.807, 2.05) is 0 Å². The summed E-state index contributed by atoms with van der Waals surface area (Å²) in [6, 6.07) is 5.49. The topological polar surface area (TPSA) is 73.5 Å². The van der Waals surface area contributed by atoms with Gasteiger partial charge < -0.3 is 0 Å². The van der Waals surface area contributed by atoms with E-state index in [4.69, 9.17) is 5.53 Å². The van der Waals surface area contributed by atoms with Gasteiger partial charge in [-0.2, -0.15) is 13.2 Å². The molecule has 17 heavy (non-hydrogen) atoms. The van der Waals surface area contributed by atoms with Gasteiger partial charge in [-0.05, 0) is 11.1 Å². The van der Waals surface area contributed by atoms with E-state index in [0.717, 1.165) is 0 Å². The summed E-state index contributed by atoms with van der Waals surface area (Å²) in [5.74, 6) is 0. The molecule has 0 N–H and O–H groups in total. The van der Waals surface area contributed by atoms with E-state index in [-0.39, 0.29) is 12.1 Å². The van der Waals surface area contributed by atoms with Crippen LogP contribution < -0.4 is 0 Å². The van der Waals surface area contributed by atoms with Crippen LogP contribution in [0.15, 0.2) is 39.6 Å². The van der Waals surface area contributed by atoms with Gasteiger partial charge in [0, 0.05) is 10.5 Å². The van der Waals surface area contributed by atoms with Gasteiger partial charge in [-0.1, -0.05) is 29.4 Å². The quantitative estimate of drug-likeness (QED) is 0.440. The SMILES string of the molecule is [N-]=[N+]=NCc1ccc(C2(C(F)(F)F)N=N2)cc1. The molecule has 0 amide bonds. The zero-order valence-electron chi connectivity index (χ0n) is 8.39. The molecule has 1 aromatic rings. The Morgan fingerprint density at radius 1 is 1.24 bits per heavy atom. The van der Waals surface area contributed by atoms with Crippen molar-refractivity contribution < 1.29 is 13.2 Å². The molecule has 0 saturated heterocycles. The third kappa shape index (κ3) is 1.94. The highest BCUT2D eigenvalue weighted by molar-refractivity contribution is 5.32. The fourth-order valence-electron chi connectivity index (χ4n) is 1.40. The van der Waals surface area contributed by atoms with Crippen molar-refractivity contribution in [2.75, 3.05) is 0 Å². The Hall–Kier alpha value is -2.08. The Balaban J connectivity index is 2.22. The second-order valence-corrected chi connectivity index (χ2v) is 3.46. The highest BCUT2D eigenvalue weighted by atomic mass is 19.4. The fourth-order valence-corrected chi connectivity index (χ4v) is 1.40. The lowest BCUT2D eigenvalue weighted by Crippen LogP contribution is -2.30. The van der Waals surface area contributed by atoms with Crippen LogP contribution in [0, 0.1) is 0 Å². The summed E-state index contributed by atoms with van der Waals surface area (Å²) in [6.07, 6.45) is -4.51. The molecule has 1 aliphatic rings. The summed E-state index contributed by atoms with van der Waals surface area (Å²) in [4.78, 5) is 2.56. The number of hydrogen-bond acceptors (Lipinski definition) is 3. The number of azide groups is 1. The minimum Gasteiger partial charge on any atom is -0.166 e. The van der Waals surface area contributed by atoms with Gasteiger partial charge in [0.2, 0.25) is 0 Å². The van der Waals surface area contributed by atoms with Crippen LogP contribution in [0.25, 0.3) is 10.4 Å². The van der Waals surface area contributed by atoms with Gasteiger partial charge in [0.1, 0.15) is 0 Å². The molecule has 0 unspecified atom stereocenters. The maximum atomic E-state index is 12.6. The van der Waals surface area contributed by atoms with Crippen LogP contribution in [0.4, 0.5) is 13.2 Å². The van der Waals surface area contributed by atoms with Gasteiger partial charge in [0.05, 0.1) is 6.54 Å². The van der Waals surface area contributed by atoms with Gasteiger partial charge in [0.15, 0.2) is 0 Å². The molecule has 2 rings (SSSR count). The molecule has 1 aliphatic heterocycles. The number of rotatable bonds is 3. The summed E-state index contributed by atoms with van der Waals surface area (Å²) >= 11 is 0. The summed E-state index contributed by atoms with van der Waals surface area (Å²) in [5, 5.41) is 9.48. The predicted octanol–water partition coefficient (Wildman–Crippen LogP) is 3.68. The first kappa shape index (κ1) is 11.4. The molecule has 0 aromatic heterocycles. The number of halogens is 3. The third-order valence-corrected chi connectivity index (χ3v) is 2.37. The van der Waals surface area contributed by atoms with E-state index in [1.54, 1.807) is 0 Å². The largest absolute Gasteiger partial charge is 0.442 e. The van der Waals surface area contributed by atoms with Crippen molar-refractivity contribution in [2.24, 2.45) is 15.3 Å². The molecule has 5 nitrogen and oxygen atoms in total. The molecule has 0 spiro atoms. The average molecular weight is 241 g/mol. The van der Waals surface area contributed by atoms with Crippen LogP contribution in [-0.2, 0) is 12.2 Å². The molecule has 1 heterocycles. The van der Waals surface area contributed by atoms with Crippen LogP contribution in [0.3, 0.4) is 0 Å². The molecule has 0 bridgehead atoms. The minimum absolute atomic E-state index is 0.0327. The Morgan fingerprint density at radius 3 is 2.24 bits per heavy atom. The van der Waals surface area contributed by atoms with Crippen molar-refractivity contribution in [3.05, 3.63) is 45.8 Å². The molecule has 0 aliphatic carbocycles. The summed E-state index contributed by atoms with van der Waals surface area (Å²) in [6.45, 7) is 0.101. The van der Waals surface area contributed by atoms with Crippen LogP contribution in [0.5, 0.6) is 0 Å². The Kier molecular flexibility index (Phi) is 2.51. The van der Waals surface area contributed by atoms with Gasteiger partial charge in [-0.3, -0.25) is 0 Å². The van der Waals surface area contributed by atoms with Gasteiger partial charge in [0.25, 0.3) is 0 Å². The first-order valence-electron chi connectivity index (χ1n) is 4.61. The monoisotopic (exact) mass is 241 g/mol.